The monoisotopic (exact) mass is 224 g/mol. The zero-order valence-electron chi connectivity index (χ0n) is 8.96. The van der Waals surface area contributed by atoms with E-state index >= 15 is 0 Å². The molecule has 82 valence electrons. The number of nitrogens with zero attached hydrogens (tertiary/aromatic N) is 1. The van der Waals surface area contributed by atoms with E-state index in [-0.39, 0.29) is 0 Å². The van der Waals surface area contributed by atoms with Crippen molar-refractivity contribution in [3.63, 3.8) is 0 Å². The van der Waals surface area contributed by atoms with E-state index in [1.165, 1.54) is 12.4 Å². The van der Waals surface area contributed by atoms with Crippen molar-refractivity contribution in [3.8, 4) is 5.75 Å². The van der Waals surface area contributed by atoms with Crippen LogP contribution in [-0.2, 0) is 0 Å². The molecule has 1 aromatic heterocycles. The van der Waals surface area contributed by atoms with Gasteiger partial charge >= 0.3 is 6.09 Å². The van der Waals surface area contributed by atoms with E-state index in [0.29, 0.717) is 16.9 Å². The molecule has 0 aliphatic rings. The molecule has 0 aliphatic heterocycles. The summed E-state index contributed by atoms with van der Waals surface area (Å²) in [5.41, 5.74) is 0.966. The number of carbonyl (C=O) groups excluding carboxylic acids is 1. The van der Waals surface area contributed by atoms with Crippen molar-refractivity contribution >= 4 is 25.1 Å². The fourth-order valence-electron chi connectivity index (χ4n) is 1.27. The fraction of sp³-hybridized carbons (Fsp3) is 0. The molecule has 0 saturated heterocycles. The summed E-state index contributed by atoms with van der Waals surface area (Å²) in [7, 11) is 5.53. The van der Waals surface area contributed by atoms with Gasteiger partial charge in [0.1, 0.15) is 13.6 Å². The summed E-state index contributed by atoms with van der Waals surface area (Å²) in [6.07, 6.45) is 2.40. The van der Waals surface area contributed by atoms with Gasteiger partial charge in [-0.05, 0) is 18.2 Å². The average molecular weight is 224 g/mol. The fourth-order valence-corrected chi connectivity index (χ4v) is 1.27. The van der Waals surface area contributed by atoms with Crippen molar-refractivity contribution in [2.24, 2.45) is 0 Å². The van der Waals surface area contributed by atoms with Crippen molar-refractivity contribution in [2.75, 3.05) is 5.32 Å². The Kier molecular flexibility index (Phi) is 3.40. The molecule has 2 rings (SSSR count). The van der Waals surface area contributed by atoms with Crippen molar-refractivity contribution in [1.82, 2.24) is 4.98 Å². The van der Waals surface area contributed by atoms with Crippen LogP contribution in [0, 0.1) is 0 Å². The van der Waals surface area contributed by atoms with Crippen LogP contribution in [0.15, 0.2) is 48.8 Å². The lowest BCUT2D eigenvalue weighted by atomic mass is 9.99. The Hall–Kier alpha value is -2.30. The highest BCUT2D eigenvalue weighted by molar-refractivity contribution is 6.32. The number of carbonyl (C=O) groups is 1. The summed E-state index contributed by atoms with van der Waals surface area (Å²) in [5, 5.41) is 2.53. The zero-order valence-corrected chi connectivity index (χ0v) is 8.96. The second kappa shape index (κ2) is 5.16. The molecular formula is C12H9BN2O2. The predicted molar refractivity (Wildman–Crippen MR) is 65.7 cm³/mol. The van der Waals surface area contributed by atoms with Gasteiger partial charge in [-0.15, -0.1) is 0 Å². The molecule has 0 bridgehead atoms. The van der Waals surface area contributed by atoms with Gasteiger partial charge in [0.05, 0.1) is 11.9 Å². The largest absolute Gasteiger partial charge is 0.417 e. The first kappa shape index (κ1) is 11.2. The molecule has 1 amide bonds. The number of aromatic nitrogens is 1. The third kappa shape index (κ3) is 3.34. The van der Waals surface area contributed by atoms with E-state index in [1.807, 2.05) is 6.07 Å². The summed E-state index contributed by atoms with van der Waals surface area (Å²) in [5.74, 6) is 0.474. The summed E-state index contributed by atoms with van der Waals surface area (Å²) >= 11 is 0. The Morgan fingerprint density at radius 3 is 2.71 bits per heavy atom. The number of benzene rings is 1. The molecule has 0 fully saturated rings. The van der Waals surface area contributed by atoms with Crippen molar-refractivity contribution < 1.29 is 9.53 Å². The van der Waals surface area contributed by atoms with Crippen LogP contribution in [-0.4, -0.2) is 18.9 Å². The third-order valence-electron chi connectivity index (χ3n) is 1.96. The molecule has 17 heavy (non-hydrogen) atoms. The number of pyridine rings is 1. The molecule has 1 aromatic carbocycles. The van der Waals surface area contributed by atoms with Crippen LogP contribution in [0.25, 0.3) is 0 Å². The molecular weight excluding hydrogens is 215 g/mol. The van der Waals surface area contributed by atoms with Crippen LogP contribution in [0.3, 0.4) is 0 Å². The zero-order chi connectivity index (χ0) is 12.1. The number of ether oxygens (including phenoxy) is 1. The lowest BCUT2D eigenvalue weighted by Gasteiger charge is -2.06. The van der Waals surface area contributed by atoms with E-state index in [1.54, 1.807) is 30.3 Å². The number of nitrogens with one attached hydrogen (secondary N) is 1. The summed E-state index contributed by atoms with van der Waals surface area (Å²) in [4.78, 5) is 15.3. The Bertz CT molecular complexity index is 517. The van der Waals surface area contributed by atoms with Crippen LogP contribution in [0.4, 0.5) is 10.5 Å². The second-order valence-corrected chi connectivity index (χ2v) is 3.33. The number of hydrogen-bond acceptors (Lipinski definition) is 3. The van der Waals surface area contributed by atoms with Gasteiger partial charge in [-0.3, -0.25) is 10.3 Å². The highest BCUT2D eigenvalue weighted by Gasteiger charge is 2.04. The first-order valence-electron chi connectivity index (χ1n) is 4.98. The quantitative estimate of drug-likeness (QED) is 0.786. The number of rotatable bonds is 2. The lowest BCUT2D eigenvalue weighted by Crippen LogP contribution is -2.18. The van der Waals surface area contributed by atoms with Crippen molar-refractivity contribution in [3.05, 3.63) is 48.8 Å². The number of anilines is 1. The molecule has 2 radical (unpaired) electrons. The minimum Gasteiger partial charge on any atom is -0.410 e. The average Bonchev–Trinajstić information content (AvgIpc) is 2.30. The van der Waals surface area contributed by atoms with Crippen LogP contribution in [0.5, 0.6) is 5.75 Å². The van der Waals surface area contributed by atoms with Crippen LogP contribution in [0.1, 0.15) is 0 Å². The maximum absolute atomic E-state index is 11.5. The molecule has 4 nitrogen and oxygen atoms in total. The van der Waals surface area contributed by atoms with Gasteiger partial charge in [0.15, 0.2) is 0 Å². The third-order valence-corrected chi connectivity index (χ3v) is 1.96. The molecule has 5 heteroatoms. The highest BCUT2D eigenvalue weighted by Crippen LogP contribution is 2.10. The maximum atomic E-state index is 11.5. The smallest absolute Gasteiger partial charge is 0.410 e. The Labute approximate surface area is 100 Å². The van der Waals surface area contributed by atoms with Crippen LogP contribution >= 0.6 is 0 Å². The number of para-hydroxylation sites is 1. The Morgan fingerprint density at radius 1 is 1.24 bits per heavy atom. The summed E-state index contributed by atoms with van der Waals surface area (Å²) in [6.45, 7) is 0. The first-order chi connectivity index (χ1) is 8.24. The molecule has 0 saturated carbocycles. The van der Waals surface area contributed by atoms with E-state index < -0.39 is 6.09 Å². The highest BCUT2D eigenvalue weighted by atomic mass is 16.6. The van der Waals surface area contributed by atoms with E-state index in [0.717, 1.165) is 0 Å². The molecule has 0 unspecified atom stereocenters. The summed E-state index contributed by atoms with van der Waals surface area (Å²) < 4.78 is 5.04. The minimum absolute atomic E-state index is 0.474. The number of hydrogen-bond donors (Lipinski definition) is 1. The Morgan fingerprint density at radius 2 is 2.00 bits per heavy atom. The predicted octanol–water partition coefficient (Wildman–Crippen LogP) is 1.49. The first-order valence-corrected chi connectivity index (χ1v) is 4.98. The van der Waals surface area contributed by atoms with Gasteiger partial charge in [-0.2, -0.15) is 0 Å². The van der Waals surface area contributed by atoms with Gasteiger partial charge in [-0.25, -0.2) is 4.79 Å². The molecule has 0 spiro atoms. The van der Waals surface area contributed by atoms with E-state index in [2.05, 4.69) is 10.3 Å². The topological polar surface area (TPSA) is 51.2 Å². The molecule has 0 aliphatic carbocycles. The molecule has 2 aromatic rings. The van der Waals surface area contributed by atoms with Gasteiger partial charge in [0, 0.05) is 6.20 Å². The Balaban J connectivity index is 1.98. The standard InChI is InChI=1S/C12H9BN2O2/c13-9-6-10(8-14-7-9)15-12(16)17-11-4-2-1-3-5-11/h1-8H,(H,15,16). The normalized spacial score (nSPS) is 9.65. The maximum Gasteiger partial charge on any atom is 0.417 e. The van der Waals surface area contributed by atoms with Crippen LogP contribution in [0.2, 0.25) is 0 Å². The van der Waals surface area contributed by atoms with Gasteiger partial charge in [-0.1, -0.05) is 23.7 Å². The van der Waals surface area contributed by atoms with Gasteiger partial charge in [0.25, 0.3) is 0 Å². The van der Waals surface area contributed by atoms with Crippen molar-refractivity contribution in [2.45, 2.75) is 0 Å². The second-order valence-electron chi connectivity index (χ2n) is 3.33. The van der Waals surface area contributed by atoms with Crippen molar-refractivity contribution in [1.29, 1.82) is 0 Å². The minimum atomic E-state index is -0.580. The molecule has 0 atom stereocenters. The lowest BCUT2D eigenvalue weighted by molar-refractivity contribution is 0.215. The van der Waals surface area contributed by atoms with Gasteiger partial charge < -0.3 is 4.74 Å². The molecule has 1 heterocycles. The van der Waals surface area contributed by atoms with Gasteiger partial charge in [0.2, 0.25) is 0 Å². The van der Waals surface area contributed by atoms with Crippen LogP contribution < -0.4 is 15.5 Å². The van der Waals surface area contributed by atoms with E-state index in [4.69, 9.17) is 12.6 Å². The molecule has 1 N–H and O–H groups in total. The SMILES string of the molecule is [B]c1cncc(NC(=O)Oc2ccccc2)c1. The number of amides is 1. The van der Waals surface area contributed by atoms with E-state index in [9.17, 15) is 4.79 Å². The summed E-state index contributed by atoms with van der Waals surface area (Å²) in [6, 6.07) is 10.4.